The highest BCUT2D eigenvalue weighted by molar-refractivity contribution is 5.75. The van der Waals surface area contributed by atoms with Gasteiger partial charge in [-0.25, -0.2) is 0 Å². The summed E-state index contributed by atoms with van der Waals surface area (Å²) in [7, 11) is 0. The molecule has 12 heavy (non-hydrogen) atoms. The number of guanidine groups is 1. The summed E-state index contributed by atoms with van der Waals surface area (Å²) < 4.78 is 0. The van der Waals surface area contributed by atoms with Crippen LogP contribution in [-0.2, 0) is 4.79 Å². The topological polar surface area (TPSA) is 105 Å². The Bertz CT molecular complexity index is 175. The van der Waals surface area contributed by atoms with E-state index in [0.717, 1.165) is 0 Å². The Morgan fingerprint density at radius 2 is 2.17 bits per heavy atom. The predicted molar refractivity (Wildman–Crippen MR) is 44.1 cm³/mol. The minimum Gasteiger partial charge on any atom is -0.550 e. The molecule has 0 heterocycles. The maximum atomic E-state index is 10.2. The van der Waals surface area contributed by atoms with E-state index in [1.807, 2.05) is 0 Å². The van der Waals surface area contributed by atoms with Gasteiger partial charge in [0.2, 0.25) is 0 Å². The van der Waals surface area contributed by atoms with Gasteiger partial charge in [-0.2, -0.15) is 0 Å². The minimum atomic E-state index is -1.03. The molecule has 0 aromatic carbocycles. The van der Waals surface area contributed by atoms with Crippen LogP contribution in [0.4, 0.5) is 0 Å². The third-order valence-electron chi connectivity index (χ3n) is 1.49. The van der Waals surface area contributed by atoms with Gasteiger partial charge in [0.15, 0.2) is 5.96 Å². The highest BCUT2D eigenvalue weighted by atomic mass is 16.4. The number of carboxylic acids is 1. The number of carbonyl (C=O) groups excluding carboxylic acids is 1. The standard InChI is InChI=1S/C7H15N3O2/c1-5(6(11)12)3-2-4-10-7(8)9/h5H,2-4H2,1H3,(H,11,12)(H4,8,9,10)/p-1. The van der Waals surface area contributed by atoms with Crippen LogP contribution in [0.25, 0.3) is 0 Å². The number of nitrogens with zero attached hydrogens (tertiary/aromatic N) is 1. The zero-order valence-corrected chi connectivity index (χ0v) is 7.12. The normalized spacial score (nSPS) is 12.1. The Balaban J connectivity index is 3.44. The molecule has 70 valence electrons. The summed E-state index contributed by atoms with van der Waals surface area (Å²) in [6.07, 6.45) is 1.20. The van der Waals surface area contributed by atoms with Gasteiger partial charge in [0.05, 0.1) is 0 Å². The van der Waals surface area contributed by atoms with E-state index >= 15 is 0 Å². The lowest BCUT2D eigenvalue weighted by Crippen LogP contribution is -2.29. The van der Waals surface area contributed by atoms with Crippen LogP contribution >= 0.6 is 0 Å². The second-order valence-electron chi connectivity index (χ2n) is 2.67. The summed E-state index contributed by atoms with van der Waals surface area (Å²) in [5, 5.41) is 10.2. The van der Waals surface area contributed by atoms with Crippen LogP contribution < -0.4 is 16.6 Å². The molecule has 0 aliphatic rings. The molecule has 0 aromatic rings. The first-order valence-corrected chi connectivity index (χ1v) is 3.80. The van der Waals surface area contributed by atoms with E-state index in [9.17, 15) is 9.90 Å². The molecule has 1 unspecified atom stereocenters. The summed E-state index contributed by atoms with van der Waals surface area (Å²) in [5.41, 5.74) is 10.1. The van der Waals surface area contributed by atoms with Gasteiger partial charge in [-0.15, -0.1) is 0 Å². The average Bonchev–Trinajstić information content (AvgIpc) is 1.97. The number of hydrogen-bond donors (Lipinski definition) is 2. The van der Waals surface area contributed by atoms with Crippen molar-refractivity contribution in [2.75, 3.05) is 6.54 Å². The fraction of sp³-hybridized carbons (Fsp3) is 0.714. The zero-order valence-electron chi connectivity index (χ0n) is 7.12. The molecule has 5 nitrogen and oxygen atoms in total. The molecule has 0 aromatic heterocycles. The van der Waals surface area contributed by atoms with Crippen LogP contribution in [-0.4, -0.2) is 18.5 Å². The first-order valence-electron chi connectivity index (χ1n) is 3.80. The SMILES string of the molecule is CC(CCCN=C(N)N)C(=O)[O-]. The van der Waals surface area contributed by atoms with Gasteiger partial charge in [0, 0.05) is 12.5 Å². The smallest absolute Gasteiger partial charge is 0.185 e. The number of carboxylic acid groups (broad SMARTS) is 1. The summed E-state index contributed by atoms with van der Waals surface area (Å²) in [4.78, 5) is 13.9. The van der Waals surface area contributed by atoms with Crippen molar-refractivity contribution in [2.24, 2.45) is 22.4 Å². The summed E-state index contributed by atoms with van der Waals surface area (Å²) in [6, 6.07) is 0. The Labute approximate surface area is 71.5 Å². The summed E-state index contributed by atoms with van der Waals surface area (Å²) in [6.45, 7) is 2.07. The Morgan fingerprint density at radius 3 is 2.58 bits per heavy atom. The average molecular weight is 172 g/mol. The minimum absolute atomic E-state index is 0.0381. The summed E-state index contributed by atoms with van der Waals surface area (Å²) >= 11 is 0. The molecule has 0 spiro atoms. The van der Waals surface area contributed by atoms with Gasteiger partial charge in [-0.05, 0) is 18.8 Å². The van der Waals surface area contributed by atoms with Crippen molar-refractivity contribution in [3.8, 4) is 0 Å². The van der Waals surface area contributed by atoms with Gasteiger partial charge in [0.1, 0.15) is 0 Å². The number of aliphatic carboxylic acids is 1. The first kappa shape index (κ1) is 10.7. The molecular formula is C7H14N3O2-. The number of rotatable bonds is 5. The lowest BCUT2D eigenvalue weighted by Gasteiger charge is -2.10. The lowest BCUT2D eigenvalue weighted by molar-refractivity contribution is -0.311. The molecule has 0 saturated heterocycles. The van der Waals surface area contributed by atoms with E-state index < -0.39 is 11.9 Å². The molecule has 5 heteroatoms. The van der Waals surface area contributed by atoms with Crippen LogP contribution in [0.3, 0.4) is 0 Å². The highest BCUT2D eigenvalue weighted by Gasteiger charge is 2.00. The van der Waals surface area contributed by atoms with E-state index in [0.29, 0.717) is 19.4 Å². The monoisotopic (exact) mass is 172 g/mol. The number of nitrogens with two attached hydrogens (primary N) is 2. The van der Waals surface area contributed by atoms with Crippen molar-refractivity contribution in [1.82, 2.24) is 0 Å². The van der Waals surface area contributed by atoms with E-state index in [1.165, 1.54) is 0 Å². The molecule has 0 radical (unpaired) electrons. The third kappa shape index (κ3) is 5.52. The van der Waals surface area contributed by atoms with Gasteiger partial charge in [-0.1, -0.05) is 6.92 Å². The maximum absolute atomic E-state index is 10.2. The molecule has 0 bridgehead atoms. The molecule has 0 saturated carbocycles. The van der Waals surface area contributed by atoms with Crippen LogP contribution in [0, 0.1) is 5.92 Å². The molecule has 0 aliphatic heterocycles. The number of aliphatic imine (C=N–C) groups is 1. The van der Waals surface area contributed by atoms with Gasteiger partial charge >= 0.3 is 0 Å². The number of carbonyl (C=O) groups is 1. The van der Waals surface area contributed by atoms with Crippen molar-refractivity contribution in [3.05, 3.63) is 0 Å². The van der Waals surface area contributed by atoms with Gasteiger partial charge < -0.3 is 21.4 Å². The Morgan fingerprint density at radius 1 is 1.58 bits per heavy atom. The Kier molecular flexibility index (Phi) is 4.83. The van der Waals surface area contributed by atoms with Crippen LogP contribution in [0.15, 0.2) is 4.99 Å². The molecule has 4 N–H and O–H groups in total. The number of hydrogen-bond acceptors (Lipinski definition) is 3. The fourth-order valence-corrected chi connectivity index (χ4v) is 0.723. The largest absolute Gasteiger partial charge is 0.550 e. The van der Waals surface area contributed by atoms with E-state index in [1.54, 1.807) is 6.92 Å². The molecule has 0 amide bonds. The lowest BCUT2D eigenvalue weighted by atomic mass is 10.1. The second-order valence-corrected chi connectivity index (χ2v) is 2.67. The van der Waals surface area contributed by atoms with E-state index in [4.69, 9.17) is 11.5 Å². The second kappa shape index (κ2) is 5.40. The zero-order chi connectivity index (χ0) is 9.56. The quantitative estimate of drug-likeness (QED) is 0.297. The first-order chi connectivity index (χ1) is 5.54. The van der Waals surface area contributed by atoms with E-state index in [-0.39, 0.29) is 5.96 Å². The maximum Gasteiger partial charge on any atom is 0.185 e. The third-order valence-corrected chi connectivity index (χ3v) is 1.49. The van der Waals surface area contributed by atoms with Crippen molar-refractivity contribution in [1.29, 1.82) is 0 Å². The molecule has 1 atom stereocenters. The predicted octanol–water partition coefficient (Wildman–Crippen LogP) is -1.57. The van der Waals surface area contributed by atoms with E-state index in [2.05, 4.69) is 4.99 Å². The molecule has 0 aliphatic carbocycles. The van der Waals surface area contributed by atoms with Crippen molar-refractivity contribution in [3.63, 3.8) is 0 Å². The molecule has 0 rings (SSSR count). The fourth-order valence-electron chi connectivity index (χ4n) is 0.723. The Hall–Kier alpha value is -1.26. The summed E-state index contributed by atoms with van der Waals surface area (Å²) in [5.74, 6) is -1.42. The van der Waals surface area contributed by atoms with Crippen molar-refractivity contribution in [2.45, 2.75) is 19.8 Å². The molecule has 0 fully saturated rings. The highest BCUT2D eigenvalue weighted by Crippen LogP contribution is 2.03. The van der Waals surface area contributed by atoms with Crippen LogP contribution in [0.5, 0.6) is 0 Å². The van der Waals surface area contributed by atoms with Crippen LogP contribution in [0.2, 0.25) is 0 Å². The van der Waals surface area contributed by atoms with Gasteiger partial charge in [-0.3, -0.25) is 4.99 Å². The van der Waals surface area contributed by atoms with Gasteiger partial charge in [0.25, 0.3) is 0 Å². The van der Waals surface area contributed by atoms with Crippen molar-refractivity contribution >= 4 is 11.9 Å². The van der Waals surface area contributed by atoms with Crippen LogP contribution in [0.1, 0.15) is 19.8 Å². The van der Waals surface area contributed by atoms with Crippen molar-refractivity contribution < 1.29 is 9.90 Å². The molecular weight excluding hydrogens is 158 g/mol.